The van der Waals surface area contributed by atoms with Crippen LogP contribution in [0, 0.1) is 0 Å². The molecule has 0 bridgehead atoms. The largest absolute Gasteiger partial charge is 0.481 e. The third-order valence-electron chi connectivity index (χ3n) is 1.86. The molecule has 0 spiro atoms. The molecule has 8 heteroatoms. The number of nitrogens with two attached hydrogens (primary N) is 1. The van der Waals surface area contributed by atoms with Crippen molar-refractivity contribution in [3.63, 3.8) is 0 Å². The molecule has 3 N–H and O–H groups in total. The molecule has 1 heterocycles. The highest BCUT2D eigenvalue weighted by molar-refractivity contribution is 6.30. The van der Waals surface area contributed by atoms with Gasteiger partial charge in [0, 0.05) is 18.5 Å². The van der Waals surface area contributed by atoms with E-state index in [9.17, 15) is 0 Å². The minimum Gasteiger partial charge on any atom is -0.481 e. The summed E-state index contributed by atoms with van der Waals surface area (Å²) in [6.07, 6.45) is 1.52. The summed E-state index contributed by atoms with van der Waals surface area (Å²) in [7, 11) is 0. The number of hydrogen-bond donors (Lipinski definition) is 2. The summed E-state index contributed by atoms with van der Waals surface area (Å²) in [5, 5.41) is 19.0. The molecule has 0 atom stereocenters. The van der Waals surface area contributed by atoms with Crippen molar-refractivity contribution >= 4 is 17.6 Å². The zero-order valence-electron chi connectivity index (χ0n) is 9.62. The van der Waals surface area contributed by atoms with Crippen LogP contribution in [-0.2, 0) is 11.3 Å². The van der Waals surface area contributed by atoms with Crippen LogP contribution >= 0.6 is 11.6 Å². The standard InChI is InChI=1S/C8H8ClN5.C2H4O2/c9-7-1-2-8(6(3-7)4-10)14-5-11-12-13-14;1-2(3)4/h1-3,5H,4,10H2;1H3,(H,3,4). The van der Waals surface area contributed by atoms with Gasteiger partial charge in [-0.1, -0.05) is 11.6 Å². The molecular weight excluding hydrogens is 258 g/mol. The predicted octanol–water partition coefficient (Wildman–Crippen LogP) is 0.865. The van der Waals surface area contributed by atoms with E-state index in [1.165, 1.54) is 6.33 Å². The van der Waals surface area contributed by atoms with Gasteiger partial charge in [-0.15, -0.1) is 5.10 Å². The van der Waals surface area contributed by atoms with Crippen LogP contribution in [0.25, 0.3) is 5.69 Å². The van der Waals surface area contributed by atoms with Gasteiger partial charge in [-0.05, 0) is 34.2 Å². The molecule has 7 nitrogen and oxygen atoms in total. The lowest BCUT2D eigenvalue weighted by molar-refractivity contribution is -0.134. The van der Waals surface area contributed by atoms with Crippen LogP contribution < -0.4 is 5.73 Å². The van der Waals surface area contributed by atoms with Crippen molar-refractivity contribution in [3.05, 3.63) is 35.1 Å². The Balaban J connectivity index is 0.000000357. The number of aliphatic carboxylic acids is 1. The first kappa shape index (κ1) is 14.1. The van der Waals surface area contributed by atoms with E-state index in [0.717, 1.165) is 18.2 Å². The minimum atomic E-state index is -0.833. The Morgan fingerprint density at radius 2 is 2.22 bits per heavy atom. The molecule has 1 aromatic heterocycles. The van der Waals surface area contributed by atoms with E-state index in [0.29, 0.717) is 11.6 Å². The van der Waals surface area contributed by atoms with Crippen LogP contribution in [0.15, 0.2) is 24.5 Å². The number of carbonyl (C=O) groups is 1. The number of benzene rings is 1. The molecule has 0 saturated heterocycles. The lowest BCUT2D eigenvalue weighted by Crippen LogP contribution is -2.05. The molecule has 0 radical (unpaired) electrons. The van der Waals surface area contributed by atoms with Gasteiger partial charge in [-0.2, -0.15) is 0 Å². The van der Waals surface area contributed by atoms with Crippen molar-refractivity contribution in [1.82, 2.24) is 20.2 Å². The molecule has 0 unspecified atom stereocenters. The Labute approximate surface area is 108 Å². The number of aromatic nitrogens is 4. The Kier molecular flexibility index (Phi) is 5.22. The van der Waals surface area contributed by atoms with Gasteiger partial charge < -0.3 is 10.8 Å². The Morgan fingerprint density at radius 3 is 2.72 bits per heavy atom. The van der Waals surface area contributed by atoms with E-state index < -0.39 is 5.97 Å². The van der Waals surface area contributed by atoms with Crippen LogP contribution in [0.5, 0.6) is 0 Å². The topological polar surface area (TPSA) is 107 Å². The normalized spacial score (nSPS) is 9.50. The Hall–Kier alpha value is -1.99. The fourth-order valence-corrected chi connectivity index (χ4v) is 1.41. The first-order valence-electron chi connectivity index (χ1n) is 4.96. The average Bonchev–Trinajstić information content (AvgIpc) is 2.81. The number of carboxylic acid groups (broad SMARTS) is 1. The molecular formula is C10H12ClN5O2. The summed E-state index contributed by atoms with van der Waals surface area (Å²) in [6.45, 7) is 1.48. The summed E-state index contributed by atoms with van der Waals surface area (Å²) < 4.78 is 1.55. The van der Waals surface area contributed by atoms with Crippen LogP contribution in [-0.4, -0.2) is 31.3 Å². The van der Waals surface area contributed by atoms with Crippen molar-refractivity contribution in [2.45, 2.75) is 13.5 Å². The lowest BCUT2D eigenvalue weighted by Gasteiger charge is -2.06. The quantitative estimate of drug-likeness (QED) is 0.837. The van der Waals surface area contributed by atoms with Crippen LogP contribution in [0.4, 0.5) is 0 Å². The minimum absolute atomic E-state index is 0.399. The SMILES string of the molecule is CC(=O)O.NCc1cc(Cl)ccc1-n1cnnn1. The van der Waals surface area contributed by atoms with Gasteiger partial charge in [-0.25, -0.2) is 4.68 Å². The van der Waals surface area contributed by atoms with Crippen LogP contribution in [0.3, 0.4) is 0 Å². The van der Waals surface area contributed by atoms with E-state index in [1.54, 1.807) is 16.8 Å². The Bertz CT molecular complexity index is 511. The molecule has 2 rings (SSSR count). The van der Waals surface area contributed by atoms with Gasteiger partial charge in [-0.3, -0.25) is 4.79 Å². The van der Waals surface area contributed by atoms with Gasteiger partial charge in [0.15, 0.2) is 0 Å². The summed E-state index contributed by atoms with van der Waals surface area (Å²) in [4.78, 5) is 9.00. The second-order valence-electron chi connectivity index (χ2n) is 3.25. The molecule has 0 fully saturated rings. The predicted molar refractivity (Wildman–Crippen MR) is 65.4 cm³/mol. The van der Waals surface area contributed by atoms with Gasteiger partial charge in [0.2, 0.25) is 0 Å². The lowest BCUT2D eigenvalue weighted by atomic mass is 10.2. The van der Waals surface area contributed by atoms with E-state index in [1.807, 2.05) is 6.07 Å². The van der Waals surface area contributed by atoms with Gasteiger partial charge >= 0.3 is 0 Å². The van der Waals surface area contributed by atoms with Crippen LogP contribution in [0.2, 0.25) is 5.02 Å². The highest BCUT2D eigenvalue weighted by Gasteiger charge is 2.04. The molecule has 0 aliphatic rings. The van der Waals surface area contributed by atoms with E-state index in [4.69, 9.17) is 27.2 Å². The highest BCUT2D eigenvalue weighted by Crippen LogP contribution is 2.17. The maximum absolute atomic E-state index is 9.00. The van der Waals surface area contributed by atoms with Gasteiger partial charge in [0.05, 0.1) is 5.69 Å². The average molecular weight is 270 g/mol. The van der Waals surface area contributed by atoms with E-state index in [2.05, 4.69) is 15.5 Å². The number of tetrazole rings is 1. The molecule has 0 amide bonds. The molecule has 0 saturated carbocycles. The van der Waals surface area contributed by atoms with Crippen molar-refractivity contribution in [2.24, 2.45) is 5.73 Å². The van der Waals surface area contributed by atoms with Crippen molar-refractivity contribution in [3.8, 4) is 5.69 Å². The third-order valence-corrected chi connectivity index (χ3v) is 2.09. The third kappa shape index (κ3) is 4.11. The van der Waals surface area contributed by atoms with Crippen molar-refractivity contribution < 1.29 is 9.90 Å². The maximum atomic E-state index is 9.00. The van der Waals surface area contributed by atoms with Crippen molar-refractivity contribution in [2.75, 3.05) is 0 Å². The van der Waals surface area contributed by atoms with Crippen molar-refractivity contribution in [1.29, 1.82) is 0 Å². The molecule has 18 heavy (non-hydrogen) atoms. The van der Waals surface area contributed by atoms with Gasteiger partial charge in [0.25, 0.3) is 5.97 Å². The zero-order chi connectivity index (χ0) is 13.5. The number of nitrogens with zero attached hydrogens (tertiary/aromatic N) is 4. The number of hydrogen-bond acceptors (Lipinski definition) is 5. The van der Waals surface area contributed by atoms with Gasteiger partial charge in [0.1, 0.15) is 6.33 Å². The summed E-state index contributed by atoms with van der Waals surface area (Å²) in [6, 6.07) is 5.41. The fraction of sp³-hybridized carbons (Fsp3) is 0.200. The molecule has 0 aliphatic carbocycles. The summed E-state index contributed by atoms with van der Waals surface area (Å²) >= 11 is 5.84. The summed E-state index contributed by atoms with van der Waals surface area (Å²) in [5.41, 5.74) is 7.34. The molecule has 1 aromatic carbocycles. The van der Waals surface area contributed by atoms with E-state index in [-0.39, 0.29) is 0 Å². The monoisotopic (exact) mass is 269 g/mol. The second-order valence-corrected chi connectivity index (χ2v) is 3.69. The Morgan fingerprint density at radius 1 is 1.56 bits per heavy atom. The smallest absolute Gasteiger partial charge is 0.300 e. The van der Waals surface area contributed by atoms with Crippen LogP contribution in [0.1, 0.15) is 12.5 Å². The fourth-order valence-electron chi connectivity index (χ4n) is 1.21. The van der Waals surface area contributed by atoms with E-state index >= 15 is 0 Å². The number of halogens is 1. The molecule has 0 aliphatic heterocycles. The zero-order valence-corrected chi connectivity index (χ0v) is 10.4. The first-order chi connectivity index (χ1) is 8.54. The highest BCUT2D eigenvalue weighted by atomic mass is 35.5. The number of carboxylic acids is 1. The second kappa shape index (κ2) is 6.67. The molecule has 96 valence electrons. The number of rotatable bonds is 2. The summed E-state index contributed by atoms with van der Waals surface area (Å²) in [5.74, 6) is -0.833. The first-order valence-corrected chi connectivity index (χ1v) is 5.33. The molecule has 2 aromatic rings. The maximum Gasteiger partial charge on any atom is 0.300 e.